The molecule has 1 heterocycles. The van der Waals surface area contributed by atoms with E-state index < -0.39 is 0 Å². The fourth-order valence-corrected chi connectivity index (χ4v) is 3.50. The zero-order valence-electron chi connectivity index (χ0n) is 15.7. The summed E-state index contributed by atoms with van der Waals surface area (Å²) in [6, 6.07) is 8.51. The van der Waals surface area contributed by atoms with E-state index in [1.807, 2.05) is 0 Å². The molecule has 0 radical (unpaired) electrons. The molecule has 1 aromatic carbocycles. The highest BCUT2D eigenvalue weighted by molar-refractivity contribution is 14.0. The van der Waals surface area contributed by atoms with Gasteiger partial charge in [-0.25, -0.2) is 0 Å². The van der Waals surface area contributed by atoms with E-state index in [1.54, 1.807) is 7.05 Å². The molecule has 1 atom stereocenters. The second kappa shape index (κ2) is 11.6. The normalized spacial score (nSPS) is 20.7. The van der Waals surface area contributed by atoms with Gasteiger partial charge >= 0.3 is 0 Å². The third-order valence-corrected chi connectivity index (χ3v) is 4.98. The highest BCUT2D eigenvalue weighted by atomic mass is 127. The summed E-state index contributed by atoms with van der Waals surface area (Å²) >= 11 is 0. The van der Waals surface area contributed by atoms with Gasteiger partial charge in [-0.2, -0.15) is 0 Å². The van der Waals surface area contributed by atoms with Gasteiger partial charge in [-0.1, -0.05) is 12.1 Å². The van der Waals surface area contributed by atoms with Crippen molar-refractivity contribution in [1.29, 1.82) is 0 Å². The highest BCUT2D eigenvalue weighted by Crippen LogP contribution is 2.24. The first-order chi connectivity index (χ1) is 12.3. The molecule has 0 bridgehead atoms. The fourth-order valence-electron chi connectivity index (χ4n) is 3.50. The van der Waals surface area contributed by atoms with E-state index in [0.29, 0.717) is 12.2 Å². The molecule has 0 amide bonds. The molecule has 5 nitrogen and oxygen atoms in total. The van der Waals surface area contributed by atoms with Gasteiger partial charge in [0.2, 0.25) is 0 Å². The number of hydrogen-bond acceptors (Lipinski definition) is 3. The maximum absolute atomic E-state index is 6.01. The van der Waals surface area contributed by atoms with Gasteiger partial charge in [0.1, 0.15) is 5.75 Å². The quantitative estimate of drug-likeness (QED) is 0.362. The number of hydrogen-bond donors (Lipinski definition) is 2. The molecule has 2 fully saturated rings. The molecule has 2 N–H and O–H groups in total. The second-order valence-corrected chi connectivity index (χ2v) is 6.93. The van der Waals surface area contributed by atoms with Crippen LogP contribution in [0.2, 0.25) is 0 Å². The molecular weight excluding hydrogens is 441 g/mol. The van der Waals surface area contributed by atoms with Gasteiger partial charge in [0.15, 0.2) is 5.96 Å². The van der Waals surface area contributed by atoms with Crippen LogP contribution >= 0.6 is 24.0 Å². The summed E-state index contributed by atoms with van der Waals surface area (Å²) in [4.78, 5) is 4.27. The number of aliphatic imine (C=N–C) groups is 1. The Bertz CT molecular complexity index is 538. The number of halogens is 1. The lowest BCUT2D eigenvalue weighted by molar-refractivity contribution is 0.114. The van der Waals surface area contributed by atoms with Gasteiger partial charge in [0.25, 0.3) is 0 Å². The number of nitrogens with zero attached hydrogens (tertiary/aromatic N) is 1. The van der Waals surface area contributed by atoms with E-state index >= 15 is 0 Å². The van der Waals surface area contributed by atoms with E-state index in [-0.39, 0.29) is 24.0 Å². The second-order valence-electron chi connectivity index (χ2n) is 6.93. The molecule has 3 rings (SSSR count). The van der Waals surface area contributed by atoms with Gasteiger partial charge in [0.05, 0.1) is 12.2 Å². The molecule has 1 saturated carbocycles. The van der Waals surface area contributed by atoms with Crippen molar-refractivity contribution in [3.8, 4) is 5.75 Å². The number of ether oxygens (including phenoxy) is 2. The first-order valence-electron chi connectivity index (χ1n) is 9.65. The first kappa shape index (κ1) is 21.3. The van der Waals surface area contributed by atoms with Crippen LogP contribution in [0.4, 0.5) is 0 Å². The molecule has 0 aromatic heterocycles. The van der Waals surface area contributed by atoms with Gasteiger partial charge in [-0.05, 0) is 62.6 Å². The Morgan fingerprint density at radius 1 is 1.12 bits per heavy atom. The van der Waals surface area contributed by atoms with Crippen molar-refractivity contribution >= 4 is 29.9 Å². The zero-order chi connectivity index (χ0) is 17.3. The molecule has 0 spiro atoms. The Morgan fingerprint density at radius 3 is 2.54 bits per heavy atom. The van der Waals surface area contributed by atoms with E-state index in [2.05, 4.69) is 39.9 Å². The molecule has 26 heavy (non-hydrogen) atoms. The predicted octanol–water partition coefficient (Wildman–Crippen LogP) is 3.51. The summed E-state index contributed by atoms with van der Waals surface area (Å²) in [7, 11) is 1.81. The maximum Gasteiger partial charge on any atom is 0.191 e. The average Bonchev–Trinajstić information content (AvgIpc) is 3.33. The van der Waals surface area contributed by atoms with Crippen LogP contribution in [0.15, 0.2) is 29.3 Å². The van der Waals surface area contributed by atoms with E-state index in [4.69, 9.17) is 9.47 Å². The summed E-state index contributed by atoms with van der Waals surface area (Å²) in [6.45, 7) is 2.57. The lowest BCUT2D eigenvalue weighted by Crippen LogP contribution is -2.41. The number of nitrogens with one attached hydrogen (secondary N) is 2. The van der Waals surface area contributed by atoms with E-state index in [1.165, 1.54) is 37.7 Å². The van der Waals surface area contributed by atoms with Crippen molar-refractivity contribution in [2.75, 3.05) is 26.7 Å². The van der Waals surface area contributed by atoms with Gasteiger partial charge in [-0.3, -0.25) is 4.99 Å². The van der Waals surface area contributed by atoms with Crippen LogP contribution in [-0.2, 0) is 11.2 Å². The Kier molecular flexibility index (Phi) is 9.53. The number of guanidine groups is 1. The number of benzene rings is 1. The molecule has 6 heteroatoms. The molecule has 1 aliphatic carbocycles. The van der Waals surface area contributed by atoms with Crippen LogP contribution in [0.5, 0.6) is 5.75 Å². The summed E-state index contributed by atoms with van der Waals surface area (Å²) in [5, 5.41) is 6.71. The minimum absolute atomic E-state index is 0. The summed E-state index contributed by atoms with van der Waals surface area (Å²) in [6.07, 6.45) is 9.01. The Labute approximate surface area is 174 Å². The van der Waals surface area contributed by atoms with Crippen LogP contribution in [-0.4, -0.2) is 44.9 Å². The standard InChI is InChI=1S/C20H31N3O2.HI/c1-21-20(23-15-19-7-4-14-24-19)22-13-12-16-8-10-18(11-9-16)25-17-5-2-3-6-17;/h8-11,17,19H,2-7,12-15H2,1H3,(H2,21,22,23);1H. The lowest BCUT2D eigenvalue weighted by Gasteiger charge is -2.15. The minimum atomic E-state index is 0. The Hall–Kier alpha value is -1.02. The molecule has 1 saturated heterocycles. The molecular formula is C20H32IN3O2. The van der Waals surface area contributed by atoms with Crippen molar-refractivity contribution in [2.24, 2.45) is 4.99 Å². The zero-order valence-corrected chi connectivity index (χ0v) is 18.0. The molecule has 2 aliphatic rings. The summed E-state index contributed by atoms with van der Waals surface area (Å²) in [5.74, 6) is 1.84. The largest absolute Gasteiger partial charge is 0.490 e. The predicted molar refractivity (Wildman–Crippen MR) is 117 cm³/mol. The van der Waals surface area contributed by atoms with Crippen molar-refractivity contribution in [1.82, 2.24) is 10.6 Å². The third-order valence-electron chi connectivity index (χ3n) is 4.98. The highest BCUT2D eigenvalue weighted by Gasteiger charge is 2.16. The minimum Gasteiger partial charge on any atom is -0.490 e. The molecule has 1 aromatic rings. The van der Waals surface area contributed by atoms with Crippen molar-refractivity contribution < 1.29 is 9.47 Å². The molecule has 1 aliphatic heterocycles. The molecule has 1 unspecified atom stereocenters. The maximum atomic E-state index is 6.01. The summed E-state index contributed by atoms with van der Waals surface area (Å²) in [5.41, 5.74) is 1.31. The van der Waals surface area contributed by atoms with Crippen LogP contribution in [0, 0.1) is 0 Å². The first-order valence-corrected chi connectivity index (χ1v) is 9.65. The van der Waals surface area contributed by atoms with Gasteiger partial charge in [0, 0.05) is 26.7 Å². The van der Waals surface area contributed by atoms with Crippen LogP contribution in [0.25, 0.3) is 0 Å². The summed E-state index contributed by atoms with van der Waals surface area (Å²) < 4.78 is 11.6. The average molecular weight is 473 g/mol. The van der Waals surface area contributed by atoms with Crippen molar-refractivity contribution in [2.45, 2.75) is 57.2 Å². The smallest absolute Gasteiger partial charge is 0.191 e. The van der Waals surface area contributed by atoms with Gasteiger partial charge < -0.3 is 20.1 Å². The fraction of sp³-hybridized carbons (Fsp3) is 0.650. The Morgan fingerprint density at radius 2 is 1.88 bits per heavy atom. The van der Waals surface area contributed by atoms with Crippen LogP contribution < -0.4 is 15.4 Å². The van der Waals surface area contributed by atoms with Crippen LogP contribution in [0.1, 0.15) is 44.1 Å². The van der Waals surface area contributed by atoms with Crippen molar-refractivity contribution in [3.05, 3.63) is 29.8 Å². The lowest BCUT2D eigenvalue weighted by atomic mass is 10.1. The Balaban J connectivity index is 0.00000243. The topological polar surface area (TPSA) is 54.9 Å². The van der Waals surface area contributed by atoms with E-state index in [0.717, 1.165) is 44.2 Å². The van der Waals surface area contributed by atoms with Crippen molar-refractivity contribution in [3.63, 3.8) is 0 Å². The third kappa shape index (κ3) is 6.95. The monoisotopic (exact) mass is 473 g/mol. The van der Waals surface area contributed by atoms with Gasteiger partial charge in [-0.15, -0.1) is 24.0 Å². The van der Waals surface area contributed by atoms with E-state index in [9.17, 15) is 0 Å². The number of rotatable bonds is 7. The van der Waals surface area contributed by atoms with Crippen LogP contribution in [0.3, 0.4) is 0 Å². The SMILES string of the molecule is CN=C(NCCc1ccc(OC2CCCC2)cc1)NCC1CCCO1.I. The molecule has 146 valence electrons.